The quantitative estimate of drug-likeness (QED) is 0.844. The number of piperidine rings is 2. The molecule has 1 amide bonds. The molecule has 1 N–H and O–H groups in total. The first-order valence-electron chi connectivity index (χ1n) is 8.27. The first kappa shape index (κ1) is 16.9. The van der Waals surface area contributed by atoms with Crippen molar-refractivity contribution in [1.29, 1.82) is 0 Å². The Labute approximate surface area is 147 Å². The Morgan fingerprint density at radius 1 is 1.17 bits per heavy atom. The van der Waals surface area contributed by atoms with Crippen molar-refractivity contribution < 1.29 is 9.53 Å². The first-order valence-corrected chi connectivity index (χ1v) is 9.02. The summed E-state index contributed by atoms with van der Waals surface area (Å²) in [7, 11) is 0. The number of para-hydroxylation sites is 1. The van der Waals surface area contributed by atoms with Crippen LogP contribution >= 0.6 is 23.2 Å². The number of hydrogen-bond donors (Lipinski definition) is 1. The molecule has 2 aliphatic rings. The van der Waals surface area contributed by atoms with Gasteiger partial charge in [0.1, 0.15) is 0 Å². The summed E-state index contributed by atoms with van der Waals surface area (Å²) in [5.74, 6) is 0.427. The van der Waals surface area contributed by atoms with Gasteiger partial charge in [0.15, 0.2) is 0 Å². The van der Waals surface area contributed by atoms with Crippen LogP contribution in [0.3, 0.4) is 0 Å². The number of benzene rings is 1. The molecule has 2 unspecified atom stereocenters. The smallest absolute Gasteiger partial charge is 0.411 e. The molecule has 0 saturated carbocycles. The maximum Gasteiger partial charge on any atom is 0.411 e. The number of nitrogens with zero attached hydrogens (tertiary/aromatic N) is 1. The molecule has 2 atom stereocenters. The van der Waals surface area contributed by atoms with Crippen LogP contribution in [0.25, 0.3) is 0 Å². The third-order valence-electron chi connectivity index (χ3n) is 4.85. The molecule has 2 aliphatic heterocycles. The topological polar surface area (TPSA) is 41.6 Å². The highest BCUT2D eigenvalue weighted by atomic mass is 35.5. The highest BCUT2D eigenvalue weighted by Gasteiger charge is 2.33. The summed E-state index contributed by atoms with van der Waals surface area (Å²) >= 11 is 12.1. The van der Waals surface area contributed by atoms with Gasteiger partial charge < -0.3 is 4.74 Å². The molecule has 1 aromatic rings. The van der Waals surface area contributed by atoms with E-state index >= 15 is 0 Å². The first-order chi connectivity index (χ1) is 11.1. The minimum atomic E-state index is -0.493. The fourth-order valence-corrected chi connectivity index (χ4v) is 4.20. The summed E-state index contributed by atoms with van der Waals surface area (Å²) in [5, 5.41) is 3.47. The Hall–Kier alpha value is -0.970. The molecule has 1 aromatic carbocycles. The molecule has 2 heterocycles. The van der Waals surface area contributed by atoms with E-state index in [0.717, 1.165) is 6.42 Å². The molecule has 0 radical (unpaired) electrons. The van der Waals surface area contributed by atoms with E-state index < -0.39 is 6.09 Å². The fourth-order valence-electron chi connectivity index (χ4n) is 3.71. The highest BCUT2D eigenvalue weighted by Crippen LogP contribution is 2.32. The largest absolute Gasteiger partial charge is 0.449 e. The van der Waals surface area contributed by atoms with Gasteiger partial charge in [0.25, 0.3) is 0 Å². The predicted molar refractivity (Wildman–Crippen MR) is 93.4 cm³/mol. The van der Waals surface area contributed by atoms with E-state index in [2.05, 4.69) is 10.2 Å². The summed E-state index contributed by atoms with van der Waals surface area (Å²) < 4.78 is 5.45. The van der Waals surface area contributed by atoms with Crippen molar-refractivity contribution in [3.05, 3.63) is 28.2 Å². The van der Waals surface area contributed by atoms with Crippen LogP contribution in [0.4, 0.5) is 10.5 Å². The Kier molecular flexibility index (Phi) is 5.67. The molecule has 0 aliphatic carbocycles. The van der Waals surface area contributed by atoms with Crippen molar-refractivity contribution >= 4 is 35.0 Å². The van der Waals surface area contributed by atoms with Crippen molar-refractivity contribution in [3.8, 4) is 0 Å². The molecule has 6 heteroatoms. The van der Waals surface area contributed by atoms with Crippen molar-refractivity contribution in [2.45, 2.75) is 38.1 Å². The van der Waals surface area contributed by atoms with Crippen LogP contribution in [0, 0.1) is 5.92 Å². The van der Waals surface area contributed by atoms with Crippen LogP contribution in [0.1, 0.15) is 32.1 Å². The summed E-state index contributed by atoms with van der Waals surface area (Å²) in [6.07, 6.45) is 5.60. The van der Waals surface area contributed by atoms with E-state index in [1.54, 1.807) is 18.2 Å². The van der Waals surface area contributed by atoms with E-state index in [0.29, 0.717) is 34.3 Å². The van der Waals surface area contributed by atoms with Crippen LogP contribution in [0.15, 0.2) is 18.2 Å². The second-order valence-electron chi connectivity index (χ2n) is 6.32. The summed E-state index contributed by atoms with van der Waals surface area (Å²) in [6, 6.07) is 5.67. The fraction of sp³-hybridized carbons (Fsp3) is 0.588. The SMILES string of the molecule is O=C(Nc1c(Cl)cccc1Cl)OCC1CCCN2CCCCC12. The summed E-state index contributed by atoms with van der Waals surface area (Å²) in [4.78, 5) is 14.6. The molecular weight excluding hydrogens is 335 g/mol. The molecule has 3 rings (SSSR count). The molecule has 4 nitrogen and oxygen atoms in total. The average Bonchev–Trinajstić information content (AvgIpc) is 2.56. The zero-order valence-corrected chi connectivity index (χ0v) is 14.6. The van der Waals surface area contributed by atoms with Gasteiger partial charge in [-0.25, -0.2) is 4.79 Å². The Balaban J connectivity index is 1.54. The van der Waals surface area contributed by atoms with Crippen LogP contribution in [-0.2, 0) is 4.74 Å². The van der Waals surface area contributed by atoms with Crippen molar-refractivity contribution in [1.82, 2.24) is 4.90 Å². The van der Waals surface area contributed by atoms with Crippen molar-refractivity contribution in [3.63, 3.8) is 0 Å². The zero-order chi connectivity index (χ0) is 16.2. The van der Waals surface area contributed by atoms with E-state index in [4.69, 9.17) is 27.9 Å². The number of amides is 1. The summed E-state index contributed by atoms with van der Waals surface area (Å²) in [5.41, 5.74) is 0.406. The zero-order valence-electron chi connectivity index (χ0n) is 13.1. The maximum atomic E-state index is 12.1. The van der Waals surface area contributed by atoms with Crippen LogP contribution in [0.2, 0.25) is 10.0 Å². The Morgan fingerprint density at radius 3 is 2.70 bits per heavy atom. The number of nitrogens with one attached hydrogen (secondary N) is 1. The standard InChI is InChI=1S/C17H22Cl2N2O2/c18-13-6-3-7-14(19)16(13)20-17(22)23-11-12-5-4-10-21-9-2-1-8-15(12)21/h3,6-7,12,15H,1-2,4-5,8-11H2,(H,20,22). The van der Waals surface area contributed by atoms with Gasteiger partial charge in [-0.05, 0) is 50.9 Å². The second-order valence-corrected chi connectivity index (χ2v) is 7.14. The normalized spacial score (nSPS) is 24.8. The van der Waals surface area contributed by atoms with Gasteiger partial charge in [-0.2, -0.15) is 0 Å². The minimum Gasteiger partial charge on any atom is -0.449 e. The summed E-state index contributed by atoms with van der Waals surface area (Å²) in [6.45, 7) is 2.82. The number of carbonyl (C=O) groups is 1. The van der Waals surface area contributed by atoms with Gasteiger partial charge in [0.05, 0.1) is 22.3 Å². The molecule has 0 spiro atoms. The van der Waals surface area contributed by atoms with Gasteiger partial charge in [-0.1, -0.05) is 35.7 Å². The second kappa shape index (κ2) is 7.73. The van der Waals surface area contributed by atoms with E-state index in [1.165, 1.54) is 38.8 Å². The molecule has 2 fully saturated rings. The molecule has 2 saturated heterocycles. The lowest BCUT2D eigenvalue weighted by molar-refractivity contribution is 0.0261. The number of halogens is 2. The van der Waals surface area contributed by atoms with Crippen LogP contribution in [0.5, 0.6) is 0 Å². The third kappa shape index (κ3) is 4.11. The van der Waals surface area contributed by atoms with E-state index in [-0.39, 0.29) is 0 Å². The molecule has 126 valence electrons. The Bertz CT molecular complexity index is 545. The number of carbonyl (C=O) groups excluding carboxylic acids is 1. The number of ether oxygens (including phenoxy) is 1. The van der Waals surface area contributed by atoms with Crippen molar-refractivity contribution in [2.24, 2.45) is 5.92 Å². The van der Waals surface area contributed by atoms with Gasteiger partial charge in [0.2, 0.25) is 0 Å². The van der Waals surface area contributed by atoms with Gasteiger partial charge >= 0.3 is 6.09 Å². The molecule has 0 aromatic heterocycles. The highest BCUT2D eigenvalue weighted by molar-refractivity contribution is 6.39. The number of hydrogen-bond acceptors (Lipinski definition) is 3. The lowest BCUT2D eigenvalue weighted by Crippen LogP contribution is -2.49. The Morgan fingerprint density at radius 2 is 1.91 bits per heavy atom. The molecule has 23 heavy (non-hydrogen) atoms. The predicted octanol–water partition coefficient (Wildman–Crippen LogP) is 4.81. The molecular formula is C17H22Cl2N2O2. The number of anilines is 1. The van der Waals surface area contributed by atoms with E-state index in [9.17, 15) is 4.79 Å². The number of fused-ring (bicyclic) bond motifs is 1. The van der Waals surface area contributed by atoms with Gasteiger partial charge in [0, 0.05) is 12.0 Å². The van der Waals surface area contributed by atoms with Gasteiger partial charge in [-0.3, -0.25) is 10.2 Å². The monoisotopic (exact) mass is 356 g/mol. The van der Waals surface area contributed by atoms with Gasteiger partial charge in [-0.15, -0.1) is 0 Å². The number of rotatable bonds is 3. The maximum absolute atomic E-state index is 12.1. The average molecular weight is 357 g/mol. The minimum absolute atomic E-state index is 0.406. The van der Waals surface area contributed by atoms with Crippen LogP contribution in [-0.4, -0.2) is 36.7 Å². The van der Waals surface area contributed by atoms with E-state index in [1.807, 2.05) is 0 Å². The lowest BCUT2D eigenvalue weighted by Gasteiger charge is -2.44. The van der Waals surface area contributed by atoms with Crippen LogP contribution < -0.4 is 5.32 Å². The lowest BCUT2D eigenvalue weighted by atomic mass is 9.84. The molecule has 0 bridgehead atoms. The third-order valence-corrected chi connectivity index (χ3v) is 5.48. The van der Waals surface area contributed by atoms with Crippen molar-refractivity contribution in [2.75, 3.05) is 25.0 Å².